The number of aliphatic carboxylic acids is 1. The SMILES string of the molecule is Cc1c([N+](=O)[O-])cccc1S(=O)(=O)NC(C)CCC(=O)O. The summed E-state index contributed by atoms with van der Waals surface area (Å²) in [6.07, 6.45) is -0.0415. The van der Waals surface area contributed by atoms with Crippen LogP contribution in [0.25, 0.3) is 0 Å². The van der Waals surface area contributed by atoms with Crippen LogP contribution in [0.15, 0.2) is 23.1 Å². The van der Waals surface area contributed by atoms with Crippen molar-refractivity contribution in [1.29, 1.82) is 0 Å². The summed E-state index contributed by atoms with van der Waals surface area (Å²) in [7, 11) is -3.94. The van der Waals surface area contributed by atoms with Crippen LogP contribution in [-0.4, -0.2) is 30.5 Å². The number of nitro groups is 1. The lowest BCUT2D eigenvalue weighted by molar-refractivity contribution is -0.385. The largest absolute Gasteiger partial charge is 0.481 e. The van der Waals surface area contributed by atoms with E-state index in [1.807, 2.05) is 0 Å². The molecule has 0 aliphatic rings. The van der Waals surface area contributed by atoms with E-state index in [0.717, 1.165) is 0 Å². The van der Waals surface area contributed by atoms with E-state index < -0.39 is 27.0 Å². The van der Waals surface area contributed by atoms with Gasteiger partial charge in [0.2, 0.25) is 10.0 Å². The Morgan fingerprint density at radius 1 is 1.48 bits per heavy atom. The van der Waals surface area contributed by atoms with Gasteiger partial charge in [0.25, 0.3) is 5.69 Å². The molecule has 1 rings (SSSR count). The molecule has 0 saturated carbocycles. The molecule has 116 valence electrons. The highest BCUT2D eigenvalue weighted by atomic mass is 32.2. The maximum atomic E-state index is 12.2. The van der Waals surface area contributed by atoms with Crippen molar-refractivity contribution in [2.24, 2.45) is 0 Å². The van der Waals surface area contributed by atoms with E-state index in [1.165, 1.54) is 32.0 Å². The number of sulfonamides is 1. The molecule has 1 aromatic carbocycles. The average molecular weight is 316 g/mol. The van der Waals surface area contributed by atoms with Crippen LogP contribution in [0.5, 0.6) is 0 Å². The number of rotatable bonds is 7. The van der Waals surface area contributed by atoms with Gasteiger partial charge in [0.1, 0.15) is 0 Å². The summed E-state index contributed by atoms with van der Waals surface area (Å²) < 4.78 is 26.7. The normalized spacial score (nSPS) is 12.9. The van der Waals surface area contributed by atoms with Gasteiger partial charge in [-0.2, -0.15) is 0 Å². The van der Waals surface area contributed by atoms with Crippen molar-refractivity contribution < 1.29 is 23.2 Å². The molecular weight excluding hydrogens is 300 g/mol. The van der Waals surface area contributed by atoms with Gasteiger partial charge in [-0.1, -0.05) is 6.07 Å². The Balaban J connectivity index is 3.01. The average Bonchev–Trinajstić information content (AvgIpc) is 2.35. The van der Waals surface area contributed by atoms with Gasteiger partial charge in [-0.05, 0) is 26.3 Å². The van der Waals surface area contributed by atoms with Crippen LogP contribution in [0.4, 0.5) is 5.69 Å². The van der Waals surface area contributed by atoms with Crippen LogP contribution >= 0.6 is 0 Å². The third kappa shape index (κ3) is 4.50. The van der Waals surface area contributed by atoms with Gasteiger partial charge in [0.15, 0.2) is 0 Å². The maximum absolute atomic E-state index is 12.2. The lowest BCUT2D eigenvalue weighted by Gasteiger charge is -2.14. The highest BCUT2D eigenvalue weighted by molar-refractivity contribution is 7.89. The number of benzene rings is 1. The van der Waals surface area contributed by atoms with E-state index in [-0.39, 0.29) is 29.0 Å². The number of nitrogens with zero attached hydrogens (tertiary/aromatic N) is 1. The number of carboxylic acids is 1. The quantitative estimate of drug-likeness (QED) is 0.579. The number of nitrogens with one attached hydrogen (secondary N) is 1. The van der Waals surface area contributed by atoms with Gasteiger partial charge in [-0.3, -0.25) is 14.9 Å². The molecule has 2 N–H and O–H groups in total. The first-order valence-electron chi connectivity index (χ1n) is 6.13. The molecule has 1 aromatic rings. The lowest BCUT2D eigenvalue weighted by Crippen LogP contribution is -2.33. The van der Waals surface area contributed by atoms with Crippen molar-refractivity contribution >= 4 is 21.7 Å². The predicted octanol–water partition coefficient (Wildman–Crippen LogP) is 1.43. The van der Waals surface area contributed by atoms with Crippen LogP contribution in [-0.2, 0) is 14.8 Å². The third-order valence-corrected chi connectivity index (χ3v) is 4.62. The fraction of sp³-hybridized carbons (Fsp3) is 0.417. The highest BCUT2D eigenvalue weighted by Crippen LogP contribution is 2.24. The number of hydrogen-bond donors (Lipinski definition) is 2. The molecule has 0 saturated heterocycles. The molecule has 0 aliphatic heterocycles. The van der Waals surface area contributed by atoms with Gasteiger partial charge >= 0.3 is 5.97 Å². The Morgan fingerprint density at radius 2 is 2.10 bits per heavy atom. The molecule has 0 aliphatic carbocycles. The highest BCUT2D eigenvalue weighted by Gasteiger charge is 2.24. The zero-order chi connectivity index (χ0) is 16.2. The van der Waals surface area contributed by atoms with E-state index in [0.29, 0.717) is 0 Å². The van der Waals surface area contributed by atoms with E-state index in [9.17, 15) is 23.3 Å². The monoisotopic (exact) mass is 316 g/mol. The minimum absolute atomic E-state index is 0.0421. The molecule has 0 bridgehead atoms. The Labute approximate surface area is 122 Å². The minimum Gasteiger partial charge on any atom is -0.481 e. The maximum Gasteiger partial charge on any atom is 0.303 e. The second-order valence-electron chi connectivity index (χ2n) is 4.61. The lowest BCUT2D eigenvalue weighted by atomic mass is 10.2. The van der Waals surface area contributed by atoms with Crippen molar-refractivity contribution in [2.45, 2.75) is 37.6 Å². The Hall–Kier alpha value is -2.00. The van der Waals surface area contributed by atoms with Gasteiger partial charge in [0.05, 0.1) is 9.82 Å². The molecule has 8 nitrogen and oxygen atoms in total. The molecular formula is C12H16N2O6S. The summed E-state index contributed by atoms with van der Waals surface area (Å²) in [5.41, 5.74) is -0.239. The summed E-state index contributed by atoms with van der Waals surface area (Å²) in [5.74, 6) is -1.02. The first-order chi connectivity index (χ1) is 9.65. The number of nitro benzene ring substituents is 1. The van der Waals surface area contributed by atoms with E-state index in [4.69, 9.17) is 5.11 Å². The van der Waals surface area contributed by atoms with E-state index in [1.54, 1.807) is 0 Å². The molecule has 0 spiro atoms. The standard InChI is InChI=1S/C12H16N2O6S/c1-8(6-7-12(15)16)13-21(19,20)11-5-3-4-10(9(11)2)14(17)18/h3-5,8,13H,6-7H2,1-2H3,(H,15,16). The number of carbonyl (C=O) groups is 1. The van der Waals surface area contributed by atoms with Crippen LogP contribution in [0.2, 0.25) is 0 Å². The van der Waals surface area contributed by atoms with Crippen LogP contribution in [0, 0.1) is 17.0 Å². The van der Waals surface area contributed by atoms with Gasteiger partial charge in [-0.15, -0.1) is 0 Å². The number of hydrogen-bond acceptors (Lipinski definition) is 5. The van der Waals surface area contributed by atoms with Gasteiger partial charge in [0, 0.05) is 24.1 Å². The van der Waals surface area contributed by atoms with Gasteiger partial charge < -0.3 is 5.11 Å². The smallest absolute Gasteiger partial charge is 0.303 e. The second-order valence-corrected chi connectivity index (χ2v) is 6.29. The molecule has 0 radical (unpaired) electrons. The van der Waals surface area contributed by atoms with Crippen molar-refractivity contribution in [3.63, 3.8) is 0 Å². The zero-order valence-corrected chi connectivity index (χ0v) is 12.4. The third-order valence-electron chi connectivity index (χ3n) is 2.89. The Bertz CT molecular complexity index is 656. The summed E-state index contributed by atoms with van der Waals surface area (Å²) in [6, 6.07) is 3.20. The Kier molecular flexibility index (Phi) is 5.39. The van der Waals surface area contributed by atoms with Crippen LogP contribution < -0.4 is 4.72 Å². The molecule has 0 fully saturated rings. The summed E-state index contributed by atoms with van der Waals surface area (Å²) in [6.45, 7) is 2.89. The molecule has 1 unspecified atom stereocenters. The summed E-state index contributed by atoms with van der Waals surface area (Å²) >= 11 is 0. The molecule has 0 amide bonds. The van der Waals surface area contributed by atoms with E-state index in [2.05, 4.69) is 4.72 Å². The topological polar surface area (TPSA) is 127 Å². The summed E-state index contributed by atoms with van der Waals surface area (Å²) in [5, 5.41) is 19.4. The zero-order valence-electron chi connectivity index (χ0n) is 11.6. The van der Waals surface area contributed by atoms with Crippen molar-refractivity contribution in [2.75, 3.05) is 0 Å². The van der Waals surface area contributed by atoms with E-state index >= 15 is 0 Å². The first-order valence-corrected chi connectivity index (χ1v) is 7.61. The van der Waals surface area contributed by atoms with Crippen LogP contribution in [0.1, 0.15) is 25.3 Å². The molecule has 9 heteroatoms. The van der Waals surface area contributed by atoms with Gasteiger partial charge in [-0.25, -0.2) is 13.1 Å². The summed E-state index contributed by atoms with van der Waals surface area (Å²) in [4.78, 5) is 20.5. The van der Waals surface area contributed by atoms with Crippen molar-refractivity contribution in [3.8, 4) is 0 Å². The van der Waals surface area contributed by atoms with Crippen LogP contribution in [0.3, 0.4) is 0 Å². The molecule has 0 aromatic heterocycles. The first kappa shape index (κ1) is 17.1. The van der Waals surface area contributed by atoms with Crippen molar-refractivity contribution in [3.05, 3.63) is 33.9 Å². The Morgan fingerprint density at radius 3 is 2.62 bits per heavy atom. The number of carboxylic acid groups (broad SMARTS) is 1. The minimum atomic E-state index is -3.94. The van der Waals surface area contributed by atoms with Crippen molar-refractivity contribution in [1.82, 2.24) is 4.72 Å². The molecule has 1 atom stereocenters. The molecule has 0 heterocycles. The molecule has 21 heavy (non-hydrogen) atoms. The fourth-order valence-corrected chi connectivity index (χ4v) is 3.36. The fourth-order valence-electron chi connectivity index (χ4n) is 1.82. The predicted molar refractivity (Wildman–Crippen MR) is 74.5 cm³/mol. The second kappa shape index (κ2) is 6.64.